The van der Waals surface area contributed by atoms with Crippen LogP contribution in [0.4, 0.5) is 0 Å². The minimum Gasteiger partial charge on any atom is -0.396 e. The SMILES string of the molecule is CCn1cncc1Cn1cc(CCCO)nn1. The fraction of sp³-hybridized carbons (Fsp3) is 0.545. The molecule has 1 N–H and O–H groups in total. The molecule has 0 bridgehead atoms. The van der Waals surface area contributed by atoms with E-state index in [4.69, 9.17) is 5.11 Å². The van der Waals surface area contributed by atoms with E-state index < -0.39 is 0 Å². The van der Waals surface area contributed by atoms with Crippen LogP contribution in [0.15, 0.2) is 18.7 Å². The van der Waals surface area contributed by atoms with Crippen molar-refractivity contribution >= 4 is 0 Å². The normalized spacial score (nSPS) is 10.9. The molecule has 6 heteroatoms. The Morgan fingerprint density at radius 2 is 2.29 bits per heavy atom. The maximum Gasteiger partial charge on any atom is 0.0948 e. The molecule has 92 valence electrons. The maximum atomic E-state index is 8.74. The predicted molar refractivity (Wildman–Crippen MR) is 62.4 cm³/mol. The van der Waals surface area contributed by atoms with Crippen LogP contribution in [0.3, 0.4) is 0 Å². The van der Waals surface area contributed by atoms with E-state index in [0.29, 0.717) is 6.54 Å². The van der Waals surface area contributed by atoms with Gasteiger partial charge in [-0.3, -0.25) is 0 Å². The number of aliphatic hydroxyl groups is 1. The standard InChI is InChI=1S/C11H17N5O/c1-2-15-9-12-6-11(15)8-16-7-10(13-14-16)4-3-5-17/h6-7,9,17H,2-5,8H2,1H3. The van der Waals surface area contributed by atoms with E-state index in [0.717, 1.165) is 30.8 Å². The van der Waals surface area contributed by atoms with Crippen LogP contribution in [0.2, 0.25) is 0 Å². The van der Waals surface area contributed by atoms with Gasteiger partial charge in [-0.15, -0.1) is 5.10 Å². The molecule has 6 nitrogen and oxygen atoms in total. The lowest BCUT2D eigenvalue weighted by atomic mass is 10.3. The van der Waals surface area contributed by atoms with Crippen molar-refractivity contribution < 1.29 is 5.11 Å². The van der Waals surface area contributed by atoms with Gasteiger partial charge in [0.2, 0.25) is 0 Å². The van der Waals surface area contributed by atoms with Crippen molar-refractivity contribution in [2.45, 2.75) is 32.9 Å². The molecule has 0 radical (unpaired) electrons. The molecule has 0 atom stereocenters. The summed E-state index contributed by atoms with van der Waals surface area (Å²) in [7, 11) is 0. The Morgan fingerprint density at radius 1 is 1.41 bits per heavy atom. The van der Waals surface area contributed by atoms with Gasteiger partial charge in [0.1, 0.15) is 0 Å². The Bertz CT molecular complexity index is 462. The van der Waals surface area contributed by atoms with Crippen molar-refractivity contribution in [3.8, 4) is 0 Å². The molecule has 0 aliphatic rings. The fourth-order valence-electron chi connectivity index (χ4n) is 1.72. The third-order valence-corrected chi connectivity index (χ3v) is 2.64. The van der Waals surface area contributed by atoms with Crippen molar-refractivity contribution in [1.29, 1.82) is 0 Å². The first-order valence-electron chi connectivity index (χ1n) is 5.82. The molecule has 0 fully saturated rings. The van der Waals surface area contributed by atoms with Crippen molar-refractivity contribution in [2.75, 3.05) is 6.61 Å². The maximum absolute atomic E-state index is 8.74. The Morgan fingerprint density at radius 3 is 3.06 bits per heavy atom. The molecule has 0 amide bonds. The number of hydrogen-bond donors (Lipinski definition) is 1. The van der Waals surface area contributed by atoms with Crippen molar-refractivity contribution in [3.05, 3.63) is 30.1 Å². The van der Waals surface area contributed by atoms with Gasteiger partial charge >= 0.3 is 0 Å². The molecule has 0 saturated carbocycles. The van der Waals surface area contributed by atoms with E-state index in [9.17, 15) is 0 Å². The zero-order chi connectivity index (χ0) is 12.1. The molecule has 0 aliphatic heterocycles. The minimum atomic E-state index is 0.190. The van der Waals surface area contributed by atoms with Gasteiger partial charge in [0.05, 0.1) is 30.5 Å². The first kappa shape index (κ1) is 11.8. The highest BCUT2D eigenvalue weighted by Crippen LogP contribution is 2.03. The van der Waals surface area contributed by atoms with E-state index in [-0.39, 0.29) is 6.61 Å². The molecule has 2 aromatic rings. The van der Waals surface area contributed by atoms with Gasteiger partial charge in [-0.2, -0.15) is 0 Å². The number of hydrogen-bond acceptors (Lipinski definition) is 4. The third kappa shape index (κ3) is 2.91. The highest BCUT2D eigenvalue weighted by atomic mass is 16.2. The number of aromatic nitrogens is 5. The molecule has 0 saturated heterocycles. The minimum absolute atomic E-state index is 0.190. The molecule has 2 aromatic heterocycles. The molecule has 0 spiro atoms. The molecule has 0 aliphatic carbocycles. The molecule has 0 unspecified atom stereocenters. The average Bonchev–Trinajstić information content (AvgIpc) is 2.96. The first-order valence-corrected chi connectivity index (χ1v) is 5.82. The summed E-state index contributed by atoms with van der Waals surface area (Å²) in [4.78, 5) is 4.11. The lowest BCUT2D eigenvalue weighted by molar-refractivity contribution is 0.288. The summed E-state index contributed by atoms with van der Waals surface area (Å²) in [6.07, 6.45) is 7.08. The van der Waals surface area contributed by atoms with Gasteiger partial charge in [0.25, 0.3) is 0 Å². The first-order chi connectivity index (χ1) is 8.33. The smallest absolute Gasteiger partial charge is 0.0948 e. The lowest BCUT2D eigenvalue weighted by Crippen LogP contribution is -2.06. The van der Waals surface area contributed by atoms with Gasteiger partial charge < -0.3 is 9.67 Å². The van der Waals surface area contributed by atoms with Crippen LogP contribution in [-0.4, -0.2) is 36.3 Å². The number of nitrogens with zero attached hydrogens (tertiary/aromatic N) is 5. The summed E-state index contributed by atoms with van der Waals surface area (Å²) < 4.78 is 3.88. The van der Waals surface area contributed by atoms with E-state index in [1.54, 1.807) is 4.68 Å². The third-order valence-electron chi connectivity index (χ3n) is 2.64. The fourth-order valence-corrected chi connectivity index (χ4v) is 1.72. The summed E-state index contributed by atoms with van der Waals surface area (Å²) in [6.45, 7) is 3.86. The van der Waals surface area contributed by atoms with Crippen molar-refractivity contribution in [2.24, 2.45) is 0 Å². The molecule has 2 rings (SSSR count). The second-order valence-corrected chi connectivity index (χ2v) is 3.91. The van der Waals surface area contributed by atoms with Gasteiger partial charge in [-0.1, -0.05) is 5.21 Å². The lowest BCUT2D eigenvalue weighted by Gasteiger charge is -2.03. The number of aliphatic hydroxyl groups excluding tert-OH is 1. The quantitative estimate of drug-likeness (QED) is 0.790. The summed E-state index contributed by atoms with van der Waals surface area (Å²) >= 11 is 0. The Kier molecular flexibility index (Phi) is 3.87. The van der Waals surface area contributed by atoms with E-state index in [2.05, 4.69) is 26.8 Å². The van der Waals surface area contributed by atoms with E-state index in [1.807, 2.05) is 18.7 Å². The number of imidazole rings is 1. The highest BCUT2D eigenvalue weighted by Gasteiger charge is 2.04. The van der Waals surface area contributed by atoms with Crippen LogP contribution in [0.1, 0.15) is 24.7 Å². The van der Waals surface area contributed by atoms with E-state index >= 15 is 0 Å². The number of aryl methyl sites for hydroxylation is 2. The van der Waals surface area contributed by atoms with Gasteiger partial charge in [-0.25, -0.2) is 9.67 Å². The largest absolute Gasteiger partial charge is 0.396 e. The van der Waals surface area contributed by atoms with Crippen LogP contribution in [0, 0.1) is 0 Å². The molecule has 0 aromatic carbocycles. The Balaban J connectivity index is 2.01. The Hall–Kier alpha value is -1.69. The zero-order valence-electron chi connectivity index (χ0n) is 9.95. The van der Waals surface area contributed by atoms with Gasteiger partial charge in [-0.05, 0) is 19.8 Å². The summed E-state index contributed by atoms with van der Waals surface area (Å²) in [5, 5.41) is 16.9. The zero-order valence-corrected chi connectivity index (χ0v) is 9.95. The molecular formula is C11H17N5O. The van der Waals surface area contributed by atoms with E-state index in [1.165, 1.54) is 0 Å². The van der Waals surface area contributed by atoms with Crippen molar-refractivity contribution in [1.82, 2.24) is 24.5 Å². The van der Waals surface area contributed by atoms with Crippen LogP contribution in [0.5, 0.6) is 0 Å². The second kappa shape index (κ2) is 5.58. The average molecular weight is 235 g/mol. The Labute approximate surface area is 99.9 Å². The van der Waals surface area contributed by atoms with Crippen LogP contribution in [0.25, 0.3) is 0 Å². The van der Waals surface area contributed by atoms with Gasteiger partial charge in [0, 0.05) is 19.3 Å². The van der Waals surface area contributed by atoms with Crippen LogP contribution >= 0.6 is 0 Å². The molecular weight excluding hydrogens is 218 g/mol. The predicted octanol–water partition coefficient (Wildman–Crippen LogP) is 0.468. The van der Waals surface area contributed by atoms with Crippen LogP contribution in [-0.2, 0) is 19.5 Å². The van der Waals surface area contributed by atoms with Crippen LogP contribution < -0.4 is 0 Å². The monoisotopic (exact) mass is 235 g/mol. The summed E-state index contributed by atoms with van der Waals surface area (Å²) in [5.41, 5.74) is 2.03. The molecule has 2 heterocycles. The highest BCUT2D eigenvalue weighted by molar-refractivity contribution is 5.00. The second-order valence-electron chi connectivity index (χ2n) is 3.91. The summed E-state index contributed by atoms with van der Waals surface area (Å²) in [6, 6.07) is 0. The topological polar surface area (TPSA) is 68.8 Å². The molecule has 17 heavy (non-hydrogen) atoms. The van der Waals surface area contributed by atoms with Crippen molar-refractivity contribution in [3.63, 3.8) is 0 Å². The van der Waals surface area contributed by atoms with Gasteiger partial charge in [0.15, 0.2) is 0 Å². The number of rotatable bonds is 6. The summed E-state index contributed by atoms with van der Waals surface area (Å²) in [5.74, 6) is 0.